The van der Waals surface area contributed by atoms with E-state index in [1.54, 1.807) is 37.9 Å². The average molecular weight is 364 g/mol. The van der Waals surface area contributed by atoms with E-state index in [4.69, 9.17) is 5.73 Å². The van der Waals surface area contributed by atoms with Crippen molar-refractivity contribution in [2.75, 3.05) is 26.7 Å². The predicted molar refractivity (Wildman–Crippen MR) is 94.4 cm³/mol. The van der Waals surface area contributed by atoms with Crippen LogP contribution in [-0.4, -0.2) is 56.3 Å². The SMILES string of the molecule is CCN(CC)S(=O)(=O)c1ccc(C(=O)N(C)C(C)CN)cc1.Cl. The summed E-state index contributed by atoms with van der Waals surface area (Å²) in [6.07, 6.45) is 0. The molecule has 1 rings (SSSR count). The molecule has 1 aromatic rings. The highest BCUT2D eigenvalue weighted by Crippen LogP contribution is 2.17. The van der Waals surface area contributed by atoms with Crippen LogP contribution in [-0.2, 0) is 10.0 Å². The average Bonchev–Trinajstić information content (AvgIpc) is 2.53. The van der Waals surface area contributed by atoms with Crippen LogP contribution in [0.15, 0.2) is 29.2 Å². The topological polar surface area (TPSA) is 83.7 Å². The van der Waals surface area contributed by atoms with E-state index in [-0.39, 0.29) is 29.3 Å². The maximum Gasteiger partial charge on any atom is 0.253 e. The maximum atomic E-state index is 12.4. The van der Waals surface area contributed by atoms with Crippen LogP contribution in [0, 0.1) is 0 Å². The number of likely N-dealkylation sites (N-methyl/N-ethyl adjacent to an activating group) is 1. The van der Waals surface area contributed by atoms with Crippen LogP contribution in [0.3, 0.4) is 0 Å². The Hall–Kier alpha value is -1.15. The number of carbonyl (C=O) groups is 1. The van der Waals surface area contributed by atoms with E-state index in [0.29, 0.717) is 25.2 Å². The molecule has 0 spiro atoms. The van der Waals surface area contributed by atoms with Gasteiger partial charge in [0.15, 0.2) is 0 Å². The Kier molecular flexibility index (Phi) is 8.76. The fourth-order valence-corrected chi connectivity index (χ4v) is 3.50. The molecule has 23 heavy (non-hydrogen) atoms. The number of carbonyl (C=O) groups excluding carboxylic acids is 1. The van der Waals surface area contributed by atoms with Crippen molar-refractivity contribution < 1.29 is 13.2 Å². The molecule has 0 bridgehead atoms. The second-order valence-electron chi connectivity index (χ2n) is 5.11. The van der Waals surface area contributed by atoms with Crippen LogP contribution in [0.2, 0.25) is 0 Å². The van der Waals surface area contributed by atoms with Gasteiger partial charge in [0.25, 0.3) is 5.91 Å². The quantitative estimate of drug-likeness (QED) is 0.796. The van der Waals surface area contributed by atoms with E-state index in [9.17, 15) is 13.2 Å². The van der Waals surface area contributed by atoms with Crippen molar-refractivity contribution in [2.45, 2.75) is 31.7 Å². The Morgan fingerprint density at radius 1 is 1.17 bits per heavy atom. The molecule has 1 atom stereocenters. The highest BCUT2D eigenvalue weighted by Gasteiger charge is 2.22. The molecule has 1 unspecified atom stereocenters. The highest BCUT2D eigenvalue weighted by atomic mass is 35.5. The zero-order chi connectivity index (χ0) is 16.9. The van der Waals surface area contributed by atoms with Gasteiger partial charge in [-0.1, -0.05) is 13.8 Å². The number of nitrogens with zero attached hydrogens (tertiary/aromatic N) is 2. The van der Waals surface area contributed by atoms with Crippen LogP contribution < -0.4 is 5.73 Å². The van der Waals surface area contributed by atoms with Crippen LogP contribution in [0.1, 0.15) is 31.1 Å². The van der Waals surface area contributed by atoms with Crippen LogP contribution in [0.5, 0.6) is 0 Å². The minimum Gasteiger partial charge on any atom is -0.338 e. The van der Waals surface area contributed by atoms with Crippen molar-refractivity contribution in [3.8, 4) is 0 Å². The van der Waals surface area contributed by atoms with E-state index in [2.05, 4.69) is 0 Å². The Morgan fingerprint density at radius 2 is 1.65 bits per heavy atom. The Bertz CT molecular complexity index is 601. The van der Waals surface area contributed by atoms with E-state index in [1.165, 1.54) is 16.4 Å². The number of amides is 1. The third-order valence-corrected chi connectivity index (χ3v) is 5.83. The van der Waals surface area contributed by atoms with Gasteiger partial charge in [-0.15, -0.1) is 12.4 Å². The molecule has 132 valence electrons. The molecule has 0 aliphatic heterocycles. The standard InChI is InChI=1S/C15H25N3O3S.ClH/c1-5-18(6-2)22(20,21)14-9-7-13(8-10-14)15(19)17(4)12(3)11-16;/h7-10,12H,5-6,11,16H2,1-4H3;1H. The number of benzene rings is 1. The summed E-state index contributed by atoms with van der Waals surface area (Å²) >= 11 is 0. The molecule has 0 saturated carbocycles. The zero-order valence-corrected chi connectivity index (χ0v) is 15.7. The molecule has 1 amide bonds. The minimum atomic E-state index is -3.50. The van der Waals surface area contributed by atoms with Crippen molar-refractivity contribution in [3.63, 3.8) is 0 Å². The van der Waals surface area contributed by atoms with Gasteiger partial charge in [0.05, 0.1) is 4.90 Å². The van der Waals surface area contributed by atoms with Gasteiger partial charge in [-0.25, -0.2) is 8.42 Å². The molecule has 6 nitrogen and oxygen atoms in total. The number of halogens is 1. The van der Waals surface area contributed by atoms with Gasteiger partial charge in [-0.2, -0.15) is 4.31 Å². The molecule has 0 saturated heterocycles. The van der Waals surface area contributed by atoms with Gasteiger partial charge in [-0.05, 0) is 31.2 Å². The summed E-state index contributed by atoms with van der Waals surface area (Å²) in [5, 5.41) is 0. The molecular weight excluding hydrogens is 338 g/mol. The van der Waals surface area contributed by atoms with Crippen LogP contribution in [0.4, 0.5) is 0 Å². The number of hydrogen-bond acceptors (Lipinski definition) is 4. The van der Waals surface area contributed by atoms with E-state index < -0.39 is 10.0 Å². The largest absolute Gasteiger partial charge is 0.338 e. The van der Waals surface area contributed by atoms with E-state index in [1.807, 2.05) is 6.92 Å². The summed E-state index contributed by atoms with van der Waals surface area (Å²) in [5.41, 5.74) is 6.00. The first-order chi connectivity index (χ1) is 10.3. The molecule has 8 heteroatoms. The van der Waals surface area contributed by atoms with Gasteiger partial charge in [0.1, 0.15) is 0 Å². The number of rotatable bonds is 7. The lowest BCUT2D eigenvalue weighted by atomic mass is 10.2. The van der Waals surface area contributed by atoms with Crippen molar-refractivity contribution in [1.82, 2.24) is 9.21 Å². The maximum absolute atomic E-state index is 12.4. The van der Waals surface area contributed by atoms with Crippen LogP contribution in [0.25, 0.3) is 0 Å². The second-order valence-corrected chi connectivity index (χ2v) is 7.05. The molecular formula is C15H26ClN3O3S. The molecule has 0 aliphatic carbocycles. The van der Waals surface area contributed by atoms with Gasteiger partial charge in [-0.3, -0.25) is 4.79 Å². The minimum absolute atomic E-state index is 0. The summed E-state index contributed by atoms with van der Waals surface area (Å²) < 4.78 is 26.1. The molecule has 0 radical (unpaired) electrons. The fraction of sp³-hybridized carbons (Fsp3) is 0.533. The smallest absolute Gasteiger partial charge is 0.253 e. The van der Waals surface area contributed by atoms with Gasteiger partial charge in [0, 0.05) is 38.3 Å². The normalized spacial score (nSPS) is 12.6. The summed E-state index contributed by atoms with van der Waals surface area (Å²) in [4.78, 5) is 14.0. The lowest BCUT2D eigenvalue weighted by Gasteiger charge is -2.24. The third kappa shape index (κ3) is 4.91. The molecule has 0 aromatic heterocycles. The van der Waals surface area contributed by atoms with Gasteiger partial charge < -0.3 is 10.6 Å². The Balaban J connectivity index is 0.00000484. The second kappa shape index (κ2) is 9.22. The van der Waals surface area contributed by atoms with Gasteiger partial charge >= 0.3 is 0 Å². The first-order valence-electron chi connectivity index (χ1n) is 7.37. The zero-order valence-electron chi connectivity index (χ0n) is 14.0. The first kappa shape index (κ1) is 21.9. The van der Waals surface area contributed by atoms with E-state index >= 15 is 0 Å². The Morgan fingerprint density at radius 3 is 2.04 bits per heavy atom. The fourth-order valence-electron chi connectivity index (χ4n) is 2.04. The van der Waals surface area contributed by atoms with Crippen molar-refractivity contribution in [2.24, 2.45) is 5.73 Å². The summed E-state index contributed by atoms with van der Waals surface area (Å²) in [5.74, 6) is -0.176. The number of hydrogen-bond donors (Lipinski definition) is 1. The molecule has 1 aromatic carbocycles. The molecule has 2 N–H and O–H groups in total. The van der Waals surface area contributed by atoms with Crippen molar-refractivity contribution >= 4 is 28.3 Å². The highest BCUT2D eigenvalue weighted by molar-refractivity contribution is 7.89. The molecule has 0 fully saturated rings. The summed E-state index contributed by atoms with van der Waals surface area (Å²) in [7, 11) is -1.82. The van der Waals surface area contributed by atoms with Crippen molar-refractivity contribution in [1.29, 1.82) is 0 Å². The predicted octanol–water partition coefficient (Wildman–Crippen LogP) is 1.56. The summed E-state index contributed by atoms with van der Waals surface area (Å²) in [6.45, 7) is 6.64. The summed E-state index contributed by atoms with van der Waals surface area (Å²) in [6, 6.07) is 5.95. The van der Waals surface area contributed by atoms with Crippen molar-refractivity contribution in [3.05, 3.63) is 29.8 Å². The Labute approximate surface area is 145 Å². The monoisotopic (exact) mass is 363 g/mol. The number of nitrogens with two attached hydrogens (primary N) is 1. The van der Waals surface area contributed by atoms with Gasteiger partial charge in [0.2, 0.25) is 10.0 Å². The number of sulfonamides is 1. The molecule has 0 aliphatic rings. The van der Waals surface area contributed by atoms with Crippen LogP contribution >= 0.6 is 12.4 Å². The lowest BCUT2D eigenvalue weighted by Crippen LogP contribution is -2.39. The first-order valence-corrected chi connectivity index (χ1v) is 8.81. The third-order valence-electron chi connectivity index (χ3n) is 3.77. The lowest BCUT2D eigenvalue weighted by molar-refractivity contribution is 0.0748. The van der Waals surface area contributed by atoms with E-state index in [0.717, 1.165) is 0 Å². The molecule has 0 heterocycles.